The van der Waals surface area contributed by atoms with Crippen LogP contribution in [0.3, 0.4) is 0 Å². The molecule has 4 rings (SSSR count). The molecule has 1 amide bonds. The number of carbonyl (C=O) groups excluding carboxylic acids is 1. The fraction of sp³-hybridized carbons (Fsp3) is 0.444. The van der Waals surface area contributed by atoms with Crippen LogP contribution in [0.1, 0.15) is 16.1 Å². The van der Waals surface area contributed by atoms with Crippen LogP contribution in [0.2, 0.25) is 0 Å². The Kier molecular flexibility index (Phi) is 4.52. The molecular weight excluding hydrogens is 336 g/mol. The van der Waals surface area contributed by atoms with Crippen LogP contribution in [0.25, 0.3) is 0 Å². The minimum atomic E-state index is -0.252. The molecule has 1 aromatic carbocycles. The third-order valence-corrected chi connectivity index (χ3v) is 4.67. The van der Waals surface area contributed by atoms with E-state index in [4.69, 9.17) is 9.47 Å². The van der Waals surface area contributed by atoms with Gasteiger partial charge in [-0.05, 0) is 12.1 Å². The molecule has 1 aromatic heterocycles. The molecule has 2 aromatic rings. The highest BCUT2D eigenvalue weighted by Crippen LogP contribution is 2.39. The van der Waals surface area contributed by atoms with Crippen LogP contribution < -0.4 is 15.0 Å². The van der Waals surface area contributed by atoms with E-state index in [1.54, 1.807) is 24.0 Å². The lowest BCUT2D eigenvalue weighted by molar-refractivity contribution is 0.102. The zero-order valence-electron chi connectivity index (χ0n) is 14.6. The number of aryl methyl sites for hydroxylation is 1. The van der Waals surface area contributed by atoms with E-state index in [0.717, 1.165) is 35.8 Å². The molecule has 2 N–H and O–H groups in total. The van der Waals surface area contributed by atoms with Crippen molar-refractivity contribution in [3.63, 3.8) is 0 Å². The summed E-state index contributed by atoms with van der Waals surface area (Å²) in [5.41, 5.74) is 2.97. The number of rotatable bonds is 4. The molecule has 0 aliphatic carbocycles. The van der Waals surface area contributed by atoms with Crippen molar-refractivity contribution in [3.05, 3.63) is 35.7 Å². The molecule has 138 valence electrons. The number of carbonyl (C=O) groups is 1. The molecule has 0 radical (unpaired) electrons. The molecule has 8 nitrogen and oxygen atoms in total. The van der Waals surface area contributed by atoms with Gasteiger partial charge >= 0.3 is 0 Å². The predicted molar refractivity (Wildman–Crippen MR) is 95.8 cm³/mol. The molecule has 3 heterocycles. The summed E-state index contributed by atoms with van der Waals surface area (Å²) >= 11 is 0. The van der Waals surface area contributed by atoms with Crippen molar-refractivity contribution in [3.8, 4) is 5.75 Å². The highest BCUT2D eigenvalue weighted by atomic mass is 16.5. The van der Waals surface area contributed by atoms with Gasteiger partial charge in [-0.15, -0.1) is 0 Å². The Morgan fingerprint density at radius 1 is 1.38 bits per heavy atom. The number of ether oxygens (including phenoxy) is 2. The lowest BCUT2D eigenvalue weighted by atomic mass is 10.1. The van der Waals surface area contributed by atoms with Crippen molar-refractivity contribution < 1.29 is 19.4 Å². The third kappa shape index (κ3) is 3.25. The van der Waals surface area contributed by atoms with E-state index in [1.165, 1.54) is 0 Å². The summed E-state index contributed by atoms with van der Waals surface area (Å²) in [6, 6.07) is 5.57. The number of aliphatic hydroxyl groups excluding tert-OH is 1. The van der Waals surface area contributed by atoms with Gasteiger partial charge in [0.25, 0.3) is 5.91 Å². The monoisotopic (exact) mass is 358 g/mol. The maximum Gasteiger partial charge on any atom is 0.276 e. The van der Waals surface area contributed by atoms with Gasteiger partial charge in [-0.1, -0.05) is 0 Å². The van der Waals surface area contributed by atoms with Gasteiger partial charge < -0.3 is 24.8 Å². The van der Waals surface area contributed by atoms with Gasteiger partial charge in [-0.3, -0.25) is 9.48 Å². The minimum Gasteiger partial charge on any atom is -0.487 e. The van der Waals surface area contributed by atoms with E-state index in [1.807, 2.05) is 12.1 Å². The second kappa shape index (κ2) is 6.97. The van der Waals surface area contributed by atoms with Gasteiger partial charge in [0.15, 0.2) is 5.69 Å². The van der Waals surface area contributed by atoms with Crippen LogP contribution >= 0.6 is 0 Å². The topological polar surface area (TPSA) is 88.9 Å². The Bertz CT molecular complexity index is 814. The Morgan fingerprint density at radius 2 is 2.19 bits per heavy atom. The van der Waals surface area contributed by atoms with Crippen molar-refractivity contribution in [1.82, 2.24) is 9.78 Å². The van der Waals surface area contributed by atoms with Crippen LogP contribution in [-0.2, 0) is 18.2 Å². The summed E-state index contributed by atoms with van der Waals surface area (Å²) in [5.74, 6) is 0.513. The number of morpholine rings is 1. The predicted octanol–water partition coefficient (Wildman–Crippen LogP) is 0.805. The maximum atomic E-state index is 12.6. The van der Waals surface area contributed by atoms with Gasteiger partial charge in [0.2, 0.25) is 0 Å². The number of amides is 1. The van der Waals surface area contributed by atoms with Crippen molar-refractivity contribution in [2.45, 2.75) is 12.5 Å². The van der Waals surface area contributed by atoms with Gasteiger partial charge in [0, 0.05) is 44.4 Å². The largest absolute Gasteiger partial charge is 0.487 e. The molecule has 1 saturated heterocycles. The number of benzene rings is 1. The van der Waals surface area contributed by atoms with Gasteiger partial charge in [-0.25, -0.2) is 0 Å². The number of hydrogen-bond acceptors (Lipinski definition) is 6. The molecule has 0 bridgehead atoms. The van der Waals surface area contributed by atoms with Crippen LogP contribution in [-0.4, -0.2) is 59.8 Å². The summed E-state index contributed by atoms with van der Waals surface area (Å²) in [4.78, 5) is 14.8. The van der Waals surface area contributed by atoms with E-state index >= 15 is 0 Å². The van der Waals surface area contributed by atoms with Gasteiger partial charge in [0.1, 0.15) is 11.9 Å². The zero-order valence-corrected chi connectivity index (χ0v) is 14.6. The average molecular weight is 358 g/mol. The Balaban J connectivity index is 1.66. The summed E-state index contributed by atoms with van der Waals surface area (Å²) in [6.07, 6.45) is 2.13. The first-order chi connectivity index (χ1) is 12.6. The SMILES string of the molecule is Cn1ccc(C(=O)Nc2cc3c(cc2N2CCOCC2)OC(CO)C3)n1. The Labute approximate surface area is 151 Å². The molecule has 0 spiro atoms. The number of nitrogens with zero attached hydrogens (tertiary/aromatic N) is 3. The van der Waals surface area contributed by atoms with Crippen molar-refractivity contribution in [2.24, 2.45) is 7.05 Å². The zero-order chi connectivity index (χ0) is 18.1. The van der Waals surface area contributed by atoms with E-state index < -0.39 is 0 Å². The molecule has 2 aliphatic rings. The normalized spacial score (nSPS) is 19.2. The average Bonchev–Trinajstić information content (AvgIpc) is 3.27. The van der Waals surface area contributed by atoms with Gasteiger partial charge in [-0.2, -0.15) is 5.10 Å². The summed E-state index contributed by atoms with van der Waals surface area (Å²) < 4.78 is 12.8. The molecule has 2 aliphatic heterocycles. The van der Waals surface area contributed by atoms with Crippen molar-refractivity contribution in [1.29, 1.82) is 0 Å². The van der Waals surface area contributed by atoms with Gasteiger partial charge in [0.05, 0.1) is 31.2 Å². The number of fused-ring (bicyclic) bond motifs is 1. The summed E-state index contributed by atoms with van der Waals surface area (Å²) in [5, 5.41) is 16.5. The van der Waals surface area contributed by atoms with Crippen molar-refractivity contribution in [2.75, 3.05) is 43.1 Å². The standard InChI is InChI=1S/C18H22N4O4/c1-21-3-2-14(20-21)18(24)19-15-9-12-8-13(11-23)26-17(12)10-16(15)22-4-6-25-7-5-22/h2-3,9-10,13,23H,4-8,11H2,1H3,(H,19,24). The van der Waals surface area contributed by atoms with Crippen LogP contribution in [0, 0.1) is 0 Å². The molecule has 1 fully saturated rings. The van der Waals surface area contributed by atoms with E-state index in [2.05, 4.69) is 15.3 Å². The molecule has 26 heavy (non-hydrogen) atoms. The fourth-order valence-electron chi connectivity index (χ4n) is 3.34. The number of aliphatic hydroxyl groups is 1. The highest BCUT2D eigenvalue weighted by Gasteiger charge is 2.27. The lowest BCUT2D eigenvalue weighted by Crippen LogP contribution is -2.36. The number of anilines is 2. The van der Waals surface area contributed by atoms with E-state index in [-0.39, 0.29) is 18.6 Å². The van der Waals surface area contributed by atoms with Crippen LogP contribution in [0.15, 0.2) is 24.4 Å². The molecule has 0 saturated carbocycles. The number of nitrogens with one attached hydrogen (secondary N) is 1. The number of aromatic nitrogens is 2. The third-order valence-electron chi connectivity index (χ3n) is 4.67. The Morgan fingerprint density at radius 3 is 2.88 bits per heavy atom. The first kappa shape index (κ1) is 16.9. The first-order valence-electron chi connectivity index (χ1n) is 8.72. The van der Waals surface area contributed by atoms with E-state index in [0.29, 0.717) is 25.3 Å². The van der Waals surface area contributed by atoms with E-state index in [9.17, 15) is 9.90 Å². The molecule has 1 unspecified atom stereocenters. The number of hydrogen-bond donors (Lipinski definition) is 2. The maximum absolute atomic E-state index is 12.6. The molecule has 1 atom stereocenters. The second-order valence-corrected chi connectivity index (χ2v) is 6.53. The quantitative estimate of drug-likeness (QED) is 0.841. The fourth-order valence-corrected chi connectivity index (χ4v) is 3.34. The lowest BCUT2D eigenvalue weighted by Gasteiger charge is -2.31. The summed E-state index contributed by atoms with van der Waals surface area (Å²) in [6.45, 7) is 2.75. The molecule has 8 heteroatoms. The van der Waals surface area contributed by atoms with Crippen molar-refractivity contribution >= 4 is 17.3 Å². The highest BCUT2D eigenvalue weighted by molar-refractivity contribution is 6.05. The smallest absolute Gasteiger partial charge is 0.276 e. The van der Waals surface area contributed by atoms with Crippen LogP contribution in [0.4, 0.5) is 11.4 Å². The first-order valence-corrected chi connectivity index (χ1v) is 8.72. The second-order valence-electron chi connectivity index (χ2n) is 6.53. The van der Waals surface area contributed by atoms with Crippen LogP contribution in [0.5, 0.6) is 5.75 Å². The Hall–Kier alpha value is -2.58. The summed E-state index contributed by atoms with van der Waals surface area (Å²) in [7, 11) is 1.78. The minimum absolute atomic E-state index is 0.0306. The molecular formula is C18H22N4O4.